The summed E-state index contributed by atoms with van der Waals surface area (Å²) < 4.78 is 17.4. The van der Waals surface area contributed by atoms with Gasteiger partial charge < -0.3 is 14.2 Å². The van der Waals surface area contributed by atoms with Crippen LogP contribution in [0, 0.1) is 25.4 Å². The van der Waals surface area contributed by atoms with Crippen molar-refractivity contribution in [1.29, 1.82) is 5.26 Å². The number of hydrogen-bond acceptors (Lipinski definition) is 8. The molecule has 174 valence electrons. The Balaban J connectivity index is 2.51. The van der Waals surface area contributed by atoms with E-state index in [9.17, 15) is 19.6 Å². The van der Waals surface area contributed by atoms with Gasteiger partial charge in [0, 0.05) is 20.4 Å². The second kappa shape index (κ2) is 12.5. The summed E-state index contributed by atoms with van der Waals surface area (Å²) in [5.74, 6) is -1.13. The highest BCUT2D eigenvalue weighted by Gasteiger charge is 2.28. The summed E-state index contributed by atoms with van der Waals surface area (Å²) >= 11 is 5.27. The summed E-state index contributed by atoms with van der Waals surface area (Å²) in [5.41, 5.74) is 1.07. The fourth-order valence-corrected chi connectivity index (χ4v) is 6.33. The predicted octanol–water partition coefficient (Wildman–Crippen LogP) is 5.35. The number of hydrogen-bond donors (Lipinski definition) is 0. The molecule has 0 fully saturated rings. The number of Topliss-reactive ketones (excluding diaryl/α,β-unsaturated/α-hetero) is 1. The van der Waals surface area contributed by atoms with E-state index >= 15 is 0 Å². The summed E-state index contributed by atoms with van der Waals surface area (Å²) in [5, 5.41) is 9.67. The Morgan fingerprint density at radius 1 is 1.12 bits per heavy atom. The number of nitriles is 1. The molecule has 0 spiro atoms. The van der Waals surface area contributed by atoms with Crippen LogP contribution in [0.1, 0.15) is 49.9 Å². The van der Waals surface area contributed by atoms with Crippen molar-refractivity contribution in [3.05, 3.63) is 51.3 Å². The molecule has 0 N–H and O–H groups in total. The minimum Gasteiger partial charge on any atom is -0.495 e. The number of carbonyl (C=O) groups is 3. The van der Waals surface area contributed by atoms with Crippen LogP contribution in [0.3, 0.4) is 0 Å². The lowest BCUT2D eigenvalue weighted by Gasteiger charge is -2.09. The molecular weight excluding hydrogens is 672 g/mol. The molecule has 0 aliphatic rings. The Morgan fingerprint density at radius 3 is 2.33 bits per heavy atom. The van der Waals surface area contributed by atoms with E-state index in [2.05, 4.69) is 45.2 Å². The molecule has 0 amide bonds. The maximum absolute atomic E-state index is 13.1. The first kappa shape index (κ1) is 27.3. The molecule has 0 bridgehead atoms. The van der Waals surface area contributed by atoms with Crippen molar-refractivity contribution in [2.75, 3.05) is 20.3 Å². The molecule has 10 heteroatoms. The van der Waals surface area contributed by atoms with Crippen LogP contribution in [0.4, 0.5) is 0 Å². The Kier molecular flexibility index (Phi) is 10.3. The smallest absolute Gasteiger partial charge is 0.348 e. The van der Waals surface area contributed by atoms with Crippen molar-refractivity contribution >= 4 is 80.3 Å². The van der Waals surface area contributed by atoms with Crippen molar-refractivity contribution in [2.45, 2.75) is 27.2 Å². The van der Waals surface area contributed by atoms with E-state index < -0.39 is 17.7 Å². The first-order valence-electron chi connectivity index (χ1n) is 9.82. The molecule has 0 radical (unpaired) electrons. The molecule has 1 aromatic carbocycles. The Morgan fingerprint density at radius 2 is 1.76 bits per heavy atom. The minimum atomic E-state index is -0.624. The van der Waals surface area contributed by atoms with Crippen LogP contribution in [-0.4, -0.2) is 38.0 Å². The van der Waals surface area contributed by atoms with E-state index in [0.29, 0.717) is 21.8 Å². The van der Waals surface area contributed by atoms with Gasteiger partial charge in [0.25, 0.3) is 0 Å². The van der Waals surface area contributed by atoms with Gasteiger partial charge in [-0.15, -0.1) is 11.3 Å². The number of ether oxygens (including phenoxy) is 3. The van der Waals surface area contributed by atoms with Crippen LogP contribution in [0.25, 0.3) is 6.08 Å². The molecule has 1 heterocycles. The molecule has 0 atom stereocenters. The maximum atomic E-state index is 13.1. The van der Waals surface area contributed by atoms with Gasteiger partial charge in [-0.2, -0.15) is 5.26 Å². The Bertz CT molecular complexity index is 1160. The maximum Gasteiger partial charge on any atom is 0.348 e. The van der Waals surface area contributed by atoms with Crippen molar-refractivity contribution in [1.82, 2.24) is 0 Å². The largest absolute Gasteiger partial charge is 0.495 e. The van der Waals surface area contributed by atoms with E-state index in [0.717, 1.165) is 18.5 Å². The number of esters is 2. The lowest BCUT2D eigenvalue weighted by Crippen LogP contribution is -2.12. The quantitative estimate of drug-likeness (QED) is 0.151. The number of allylic oxidation sites excluding steroid dienone is 1. The third-order valence-corrected chi connectivity index (χ3v) is 7.14. The van der Waals surface area contributed by atoms with E-state index in [1.165, 1.54) is 13.2 Å². The highest BCUT2D eigenvalue weighted by Crippen LogP contribution is 2.32. The van der Waals surface area contributed by atoms with Crippen molar-refractivity contribution in [3.8, 4) is 11.8 Å². The fourth-order valence-electron chi connectivity index (χ4n) is 3.03. The van der Waals surface area contributed by atoms with Gasteiger partial charge in [0.2, 0.25) is 0 Å². The van der Waals surface area contributed by atoms with Gasteiger partial charge in [-0.05, 0) is 89.7 Å². The molecule has 7 nitrogen and oxygen atoms in total. The lowest BCUT2D eigenvalue weighted by atomic mass is 10.0. The molecule has 0 unspecified atom stereocenters. The number of carbonyl (C=O) groups excluding carboxylic acids is 3. The third-order valence-electron chi connectivity index (χ3n) is 4.44. The molecule has 0 aliphatic heterocycles. The fraction of sp³-hybridized carbons (Fsp3) is 0.304. The number of ketones is 1. The first-order chi connectivity index (χ1) is 15.7. The molecule has 33 heavy (non-hydrogen) atoms. The average Bonchev–Trinajstić information content (AvgIpc) is 3.07. The number of methoxy groups -OCH3 is 1. The number of rotatable bonds is 9. The summed E-state index contributed by atoms with van der Waals surface area (Å²) in [6.45, 7) is 5.29. The topological polar surface area (TPSA) is 103 Å². The number of thiophene rings is 1. The highest BCUT2D eigenvalue weighted by atomic mass is 127. The third kappa shape index (κ3) is 6.54. The molecule has 1 aromatic heterocycles. The summed E-state index contributed by atoms with van der Waals surface area (Å²) in [4.78, 5) is 38.6. The average molecular weight is 693 g/mol. The van der Waals surface area contributed by atoms with Crippen LogP contribution >= 0.6 is 56.5 Å². The van der Waals surface area contributed by atoms with Gasteiger partial charge in [0.1, 0.15) is 16.7 Å². The van der Waals surface area contributed by atoms with E-state index in [1.807, 2.05) is 18.2 Å². The van der Waals surface area contributed by atoms with E-state index in [4.69, 9.17) is 14.2 Å². The monoisotopic (exact) mass is 693 g/mol. The van der Waals surface area contributed by atoms with Gasteiger partial charge in [-0.1, -0.05) is 0 Å². The standard InChI is InChI=1S/C23H21I2NO6S/c1-5-31-22(28)19-12(3)21(23(29)32-6-2)33-18(19)10-17(27)14(11-26)7-13-8-15(24)9-16(25)20(13)30-4/h7-9H,5-6,10H2,1-4H3/b14-7+. The Labute approximate surface area is 223 Å². The van der Waals surface area contributed by atoms with Crippen LogP contribution in [-0.2, 0) is 20.7 Å². The second-order valence-corrected chi connectivity index (χ2v) is 10.1. The van der Waals surface area contributed by atoms with E-state index in [-0.39, 0.29) is 35.6 Å². The van der Waals surface area contributed by atoms with Crippen LogP contribution < -0.4 is 4.74 Å². The predicted molar refractivity (Wildman–Crippen MR) is 142 cm³/mol. The highest BCUT2D eigenvalue weighted by molar-refractivity contribution is 14.1. The normalized spacial score (nSPS) is 11.0. The zero-order valence-corrected chi connectivity index (χ0v) is 23.5. The summed E-state index contributed by atoms with van der Waals surface area (Å²) in [6, 6.07) is 5.68. The van der Waals surface area contributed by atoms with Crippen LogP contribution in [0.2, 0.25) is 0 Å². The van der Waals surface area contributed by atoms with Crippen LogP contribution in [0.5, 0.6) is 5.75 Å². The van der Waals surface area contributed by atoms with Gasteiger partial charge in [0.15, 0.2) is 5.78 Å². The summed E-state index contributed by atoms with van der Waals surface area (Å²) in [6.07, 6.45) is 1.24. The zero-order valence-electron chi connectivity index (χ0n) is 18.4. The van der Waals surface area contributed by atoms with Gasteiger partial charge >= 0.3 is 11.9 Å². The van der Waals surface area contributed by atoms with Gasteiger partial charge in [-0.25, -0.2) is 9.59 Å². The second-order valence-electron chi connectivity index (χ2n) is 6.58. The Hall–Kier alpha value is -1.98. The van der Waals surface area contributed by atoms with Crippen LogP contribution in [0.15, 0.2) is 17.7 Å². The molecule has 2 aromatic rings. The van der Waals surface area contributed by atoms with Gasteiger partial charge in [0.05, 0.1) is 35.0 Å². The minimum absolute atomic E-state index is 0.0929. The van der Waals surface area contributed by atoms with Gasteiger partial charge in [-0.3, -0.25) is 4.79 Å². The molecule has 0 aliphatic carbocycles. The zero-order chi connectivity index (χ0) is 24.7. The van der Waals surface area contributed by atoms with Crippen molar-refractivity contribution in [3.63, 3.8) is 0 Å². The summed E-state index contributed by atoms with van der Waals surface area (Å²) in [7, 11) is 1.52. The number of halogens is 2. The SMILES string of the molecule is CCOC(=O)c1sc(CC(=O)/C(C#N)=C/c2cc(I)cc(I)c2OC)c(C(=O)OCC)c1C. The molecule has 2 rings (SSSR count). The van der Waals surface area contributed by atoms with Crippen molar-refractivity contribution < 1.29 is 28.6 Å². The molecule has 0 saturated heterocycles. The first-order valence-corrected chi connectivity index (χ1v) is 12.8. The van der Waals surface area contributed by atoms with E-state index in [1.54, 1.807) is 20.8 Å². The lowest BCUT2D eigenvalue weighted by molar-refractivity contribution is -0.114. The van der Waals surface area contributed by atoms with Crippen molar-refractivity contribution in [2.24, 2.45) is 0 Å². The number of nitrogens with zero attached hydrogens (tertiary/aromatic N) is 1. The molecular formula is C23H21I2NO6S. The number of benzene rings is 1. The molecule has 0 saturated carbocycles.